The van der Waals surface area contributed by atoms with Gasteiger partial charge in [0, 0.05) is 61.7 Å². The molecule has 3 aliphatic rings. The van der Waals surface area contributed by atoms with Gasteiger partial charge in [0.25, 0.3) is 0 Å². The van der Waals surface area contributed by atoms with E-state index < -0.39 is 0 Å². The molecule has 2 aliphatic heterocycles. The Morgan fingerprint density at radius 1 is 0.897 bits per heavy atom. The highest BCUT2D eigenvalue weighted by molar-refractivity contribution is 6.02. The third-order valence-corrected chi connectivity index (χ3v) is 8.79. The van der Waals surface area contributed by atoms with Crippen molar-refractivity contribution in [1.82, 2.24) is 24.3 Å². The highest BCUT2D eigenvalue weighted by Crippen LogP contribution is 2.44. The van der Waals surface area contributed by atoms with Crippen molar-refractivity contribution in [2.24, 2.45) is 16.6 Å². The molecule has 4 aromatic rings. The zero-order valence-corrected chi connectivity index (χ0v) is 22.9. The van der Waals surface area contributed by atoms with Crippen LogP contribution in [0.1, 0.15) is 37.2 Å². The second kappa shape index (κ2) is 9.88. The van der Waals surface area contributed by atoms with Gasteiger partial charge in [-0.3, -0.25) is 4.99 Å². The fraction of sp³-hybridized carbons (Fsp3) is 0.406. The van der Waals surface area contributed by atoms with Gasteiger partial charge >= 0.3 is 0 Å². The monoisotopic (exact) mass is 519 g/mol. The van der Waals surface area contributed by atoms with Gasteiger partial charge < -0.3 is 20.1 Å². The van der Waals surface area contributed by atoms with E-state index in [2.05, 4.69) is 82.9 Å². The summed E-state index contributed by atoms with van der Waals surface area (Å²) in [6, 6.07) is 21.2. The molecule has 200 valence electrons. The first-order valence-electron chi connectivity index (χ1n) is 14.3. The summed E-state index contributed by atoms with van der Waals surface area (Å²) in [5, 5.41) is 1.12. The molecule has 1 unspecified atom stereocenters. The third kappa shape index (κ3) is 4.64. The molecule has 1 saturated carbocycles. The summed E-state index contributed by atoms with van der Waals surface area (Å²) in [4.78, 5) is 20.1. The second-order valence-corrected chi connectivity index (χ2v) is 11.7. The van der Waals surface area contributed by atoms with Crippen molar-refractivity contribution in [2.75, 3.05) is 39.8 Å². The number of hydrogen-bond acceptors (Lipinski definition) is 6. The maximum absolute atomic E-state index is 6.59. The first-order chi connectivity index (χ1) is 19.0. The quantitative estimate of drug-likeness (QED) is 0.417. The number of aromatic nitrogens is 3. The van der Waals surface area contributed by atoms with Crippen molar-refractivity contribution >= 4 is 16.7 Å². The molecule has 0 spiro atoms. The van der Waals surface area contributed by atoms with Crippen molar-refractivity contribution in [1.29, 1.82) is 0 Å². The standard InChI is InChI=1S/C32H37N7/c1-21-19-39-30(31(33)34-21)29(36-32(39)26-16-22(17-26)20-38-14-12-37(2)13-15-38)25-9-8-24-10-11-27(35-28(24)18-25)23-6-4-3-5-7-23/h3-11,18,21-22,26H,12-17,19-20H2,1-2H3,(H2,33,34). The fourth-order valence-corrected chi connectivity index (χ4v) is 6.56. The van der Waals surface area contributed by atoms with Gasteiger partial charge in [0.1, 0.15) is 17.4 Å². The van der Waals surface area contributed by atoms with E-state index in [4.69, 9.17) is 20.7 Å². The van der Waals surface area contributed by atoms with Gasteiger partial charge in [0.05, 0.1) is 22.9 Å². The summed E-state index contributed by atoms with van der Waals surface area (Å²) in [6.45, 7) is 8.92. The van der Waals surface area contributed by atoms with E-state index >= 15 is 0 Å². The molecular formula is C32H37N7. The number of benzene rings is 2. The molecule has 1 atom stereocenters. The molecule has 0 amide bonds. The summed E-state index contributed by atoms with van der Waals surface area (Å²) in [5.41, 5.74) is 12.6. The summed E-state index contributed by atoms with van der Waals surface area (Å²) in [7, 11) is 2.22. The van der Waals surface area contributed by atoms with Gasteiger partial charge in [-0.25, -0.2) is 9.97 Å². The number of hydrogen-bond donors (Lipinski definition) is 1. The van der Waals surface area contributed by atoms with Gasteiger partial charge in [-0.1, -0.05) is 48.5 Å². The molecule has 7 nitrogen and oxygen atoms in total. The summed E-state index contributed by atoms with van der Waals surface area (Å²) < 4.78 is 2.37. The van der Waals surface area contributed by atoms with Crippen molar-refractivity contribution in [3.05, 3.63) is 72.2 Å². The van der Waals surface area contributed by atoms with Crippen LogP contribution in [0.2, 0.25) is 0 Å². The van der Waals surface area contributed by atoms with Gasteiger partial charge in [0.2, 0.25) is 0 Å². The maximum Gasteiger partial charge on any atom is 0.145 e. The summed E-state index contributed by atoms with van der Waals surface area (Å²) in [5.74, 6) is 3.02. The van der Waals surface area contributed by atoms with Crippen molar-refractivity contribution in [2.45, 2.75) is 38.3 Å². The van der Waals surface area contributed by atoms with Crippen molar-refractivity contribution in [3.8, 4) is 22.5 Å². The Kier molecular flexibility index (Phi) is 6.21. The lowest BCUT2D eigenvalue weighted by molar-refractivity contribution is 0.104. The number of imidazole rings is 1. The van der Waals surface area contributed by atoms with Crippen LogP contribution < -0.4 is 5.73 Å². The Labute approximate surface area is 230 Å². The minimum absolute atomic E-state index is 0.159. The predicted octanol–water partition coefficient (Wildman–Crippen LogP) is 4.61. The molecule has 39 heavy (non-hydrogen) atoms. The number of likely N-dealkylation sites (N-methyl/N-ethyl adjacent to an activating group) is 1. The van der Waals surface area contributed by atoms with E-state index in [-0.39, 0.29) is 6.04 Å². The predicted molar refractivity (Wildman–Crippen MR) is 158 cm³/mol. The van der Waals surface area contributed by atoms with E-state index in [0.717, 1.165) is 51.6 Å². The highest BCUT2D eigenvalue weighted by Gasteiger charge is 2.37. The minimum Gasteiger partial charge on any atom is -0.382 e. The first kappa shape index (κ1) is 24.5. The van der Waals surface area contributed by atoms with Crippen LogP contribution in [0.4, 0.5) is 0 Å². The molecule has 1 saturated heterocycles. The molecule has 2 aromatic carbocycles. The minimum atomic E-state index is 0.159. The van der Waals surface area contributed by atoms with Crippen LogP contribution >= 0.6 is 0 Å². The number of nitrogens with two attached hydrogens (primary N) is 1. The van der Waals surface area contributed by atoms with E-state index in [1.54, 1.807) is 0 Å². The molecule has 2 aromatic heterocycles. The second-order valence-electron chi connectivity index (χ2n) is 11.7. The Morgan fingerprint density at radius 3 is 2.46 bits per heavy atom. The van der Waals surface area contributed by atoms with Crippen LogP contribution in [0.3, 0.4) is 0 Å². The number of pyridine rings is 1. The van der Waals surface area contributed by atoms with Gasteiger partial charge in [-0.2, -0.15) is 0 Å². The van der Waals surface area contributed by atoms with Crippen molar-refractivity contribution < 1.29 is 0 Å². The topological polar surface area (TPSA) is 75.6 Å². The summed E-state index contributed by atoms with van der Waals surface area (Å²) >= 11 is 0. The smallest absolute Gasteiger partial charge is 0.145 e. The molecule has 4 heterocycles. The number of amidine groups is 1. The molecule has 1 aliphatic carbocycles. The molecule has 0 bridgehead atoms. The Hall–Kier alpha value is -3.55. The molecule has 0 radical (unpaired) electrons. The van der Waals surface area contributed by atoms with Gasteiger partial charge in [0.15, 0.2) is 0 Å². The van der Waals surface area contributed by atoms with Crippen LogP contribution in [0, 0.1) is 5.92 Å². The Balaban J connectivity index is 1.20. The largest absolute Gasteiger partial charge is 0.382 e. The zero-order chi connectivity index (χ0) is 26.5. The normalized spacial score (nSPS) is 23.8. The van der Waals surface area contributed by atoms with Crippen LogP contribution in [0.15, 0.2) is 65.7 Å². The number of piperazine rings is 1. The number of nitrogens with zero attached hydrogens (tertiary/aromatic N) is 6. The van der Waals surface area contributed by atoms with E-state index in [1.165, 1.54) is 51.4 Å². The summed E-state index contributed by atoms with van der Waals surface area (Å²) in [6.07, 6.45) is 2.40. The van der Waals surface area contributed by atoms with Gasteiger partial charge in [-0.15, -0.1) is 0 Å². The van der Waals surface area contributed by atoms with Crippen LogP contribution in [-0.2, 0) is 6.54 Å². The van der Waals surface area contributed by atoms with E-state index in [1.807, 2.05) is 6.07 Å². The maximum atomic E-state index is 6.59. The average molecular weight is 520 g/mol. The molecule has 2 fully saturated rings. The van der Waals surface area contributed by atoms with Gasteiger partial charge in [-0.05, 0) is 44.9 Å². The van der Waals surface area contributed by atoms with Crippen LogP contribution in [-0.4, -0.2) is 76.0 Å². The lowest BCUT2D eigenvalue weighted by atomic mass is 9.74. The Morgan fingerprint density at radius 2 is 1.67 bits per heavy atom. The van der Waals surface area contributed by atoms with Crippen LogP contribution in [0.25, 0.3) is 33.4 Å². The molecule has 7 heteroatoms. The molecule has 2 N–H and O–H groups in total. The van der Waals surface area contributed by atoms with E-state index in [0.29, 0.717) is 11.8 Å². The average Bonchev–Trinajstić information content (AvgIpc) is 3.30. The number of rotatable bonds is 5. The van der Waals surface area contributed by atoms with E-state index in [9.17, 15) is 0 Å². The first-order valence-corrected chi connectivity index (χ1v) is 14.3. The molecule has 7 rings (SSSR count). The number of fused-ring (bicyclic) bond motifs is 2. The molecular weight excluding hydrogens is 482 g/mol. The zero-order valence-electron chi connectivity index (χ0n) is 22.9. The fourth-order valence-electron chi connectivity index (χ4n) is 6.56. The van der Waals surface area contributed by atoms with Crippen molar-refractivity contribution in [3.63, 3.8) is 0 Å². The third-order valence-electron chi connectivity index (χ3n) is 8.79. The highest BCUT2D eigenvalue weighted by atomic mass is 15.2. The number of aliphatic imine (C=N–C) groups is 1. The lowest BCUT2D eigenvalue weighted by Crippen LogP contribution is -2.47. The SMILES string of the molecule is CC1Cn2c(C3CC(CN4CCN(C)CC4)C3)nc(-c3ccc4ccc(-c5ccccc5)nc4c3)c2C(N)=N1. The van der Waals surface area contributed by atoms with Crippen LogP contribution in [0.5, 0.6) is 0 Å². The lowest BCUT2D eigenvalue weighted by Gasteiger charge is -2.41. The Bertz CT molecular complexity index is 1530.